The zero-order valence-electron chi connectivity index (χ0n) is 14.3. The van der Waals surface area contributed by atoms with E-state index in [1.165, 1.54) is 5.56 Å². The topological polar surface area (TPSA) is 38.3 Å². The van der Waals surface area contributed by atoms with Crippen LogP contribution in [0.5, 0.6) is 5.75 Å². The number of carbonyl (C=O) groups excluding carboxylic acids is 1. The molecule has 3 nitrogen and oxygen atoms in total. The molecule has 0 radical (unpaired) electrons. The number of nitrogens with one attached hydrogen (secondary N) is 1. The summed E-state index contributed by atoms with van der Waals surface area (Å²) in [5, 5.41) is 2.97. The maximum absolute atomic E-state index is 12.1. The zero-order chi connectivity index (χ0) is 16.8. The fourth-order valence-corrected chi connectivity index (χ4v) is 2.57. The first kappa shape index (κ1) is 17.1. The van der Waals surface area contributed by atoms with Gasteiger partial charge in [0.15, 0.2) is 6.61 Å². The quantitative estimate of drug-likeness (QED) is 0.871. The Morgan fingerprint density at radius 1 is 1.09 bits per heavy atom. The lowest BCUT2D eigenvalue weighted by molar-refractivity contribution is -0.123. The monoisotopic (exact) mass is 311 g/mol. The Morgan fingerprint density at radius 2 is 1.70 bits per heavy atom. The molecule has 0 saturated heterocycles. The van der Waals surface area contributed by atoms with Crippen LogP contribution in [0.4, 0.5) is 0 Å². The van der Waals surface area contributed by atoms with Gasteiger partial charge in [-0.15, -0.1) is 0 Å². The van der Waals surface area contributed by atoms with E-state index in [2.05, 4.69) is 42.6 Å². The highest BCUT2D eigenvalue weighted by Gasteiger charge is 2.10. The zero-order valence-corrected chi connectivity index (χ0v) is 14.3. The van der Waals surface area contributed by atoms with Crippen LogP contribution < -0.4 is 10.1 Å². The highest BCUT2D eigenvalue weighted by molar-refractivity contribution is 5.78. The van der Waals surface area contributed by atoms with E-state index in [0.29, 0.717) is 0 Å². The van der Waals surface area contributed by atoms with Gasteiger partial charge in [-0.05, 0) is 61.6 Å². The molecule has 0 saturated carbocycles. The average Bonchev–Trinajstić information content (AvgIpc) is 2.52. The fourth-order valence-electron chi connectivity index (χ4n) is 2.57. The van der Waals surface area contributed by atoms with Crippen LogP contribution >= 0.6 is 0 Å². The Bertz CT molecular complexity index is 642. The number of rotatable bonds is 6. The van der Waals surface area contributed by atoms with Gasteiger partial charge in [0.05, 0.1) is 6.04 Å². The van der Waals surface area contributed by atoms with Crippen molar-refractivity contribution in [3.8, 4) is 5.75 Å². The van der Waals surface area contributed by atoms with E-state index in [0.717, 1.165) is 28.9 Å². The molecule has 1 atom stereocenters. The molecule has 3 heteroatoms. The van der Waals surface area contributed by atoms with Gasteiger partial charge in [0.2, 0.25) is 0 Å². The summed E-state index contributed by atoms with van der Waals surface area (Å²) in [7, 11) is 0. The largest absolute Gasteiger partial charge is 0.484 e. The number of hydrogen-bond donors (Lipinski definition) is 1. The molecule has 0 heterocycles. The van der Waals surface area contributed by atoms with E-state index < -0.39 is 0 Å². The third kappa shape index (κ3) is 5.13. The van der Waals surface area contributed by atoms with Gasteiger partial charge in [0.25, 0.3) is 5.91 Å². The van der Waals surface area contributed by atoms with Gasteiger partial charge in [0.1, 0.15) is 5.75 Å². The normalized spacial score (nSPS) is 11.8. The Hall–Kier alpha value is -2.29. The summed E-state index contributed by atoms with van der Waals surface area (Å²) in [4.78, 5) is 12.1. The molecule has 2 aromatic rings. The number of hydrogen-bond acceptors (Lipinski definition) is 2. The molecule has 0 aliphatic rings. The van der Waals surface area contributed by atoms with Crippen molar-refractivity contribution >= 4 is 5.91 Å². The lowest BCUT2D eigenvalue weighted by Gasteiger charge is -2.15. The first-order chi connectivity index (χ1) is 11.0. The first-order valence-corrected chi connectivity index (χ1v) is 8.07. The molecule has 2 aromatic carbocycles. The smallest absolute Gasteiger partial charge is 0.258 e. The Labute approximate surface area is 138 Å². The summed E-state index contributed by atoms with van der Waals surface area (Å²) in [6.07, 6.45) is 1.02. The van der Waals surface area contributed by atoms with Gasteiger partial charge < -0.3 is 10.1 Å². The van der Waals surface area contributed by atoms with E-state index in [1.807, 2.05) is 32.9 Å². The Kier molecular flexibility index (Phi) is 5.80. The third-order valence-corrected chi connectivity index (χ3v) is 3.83. The summed E-state index contributed by atoms with van der Waals surface area (Å²) in [5.41, 5.74) is 4.65. The maximum Gasteiger partial charge on any atom is 0.258 e. The van der Waals surface area contributed by atoms with Gasteiger partial charge in [-0.25, -0.2) is 0 Å². The molecule has 0 aliphatic heterocycles. The van der Waals surface area contributed by atoms with Crippen molar-refractivity contribution in [3.63, 3.8) is 0 Å². The van der Waals surface area contributed by atoms with E-state index in [1.54, 1.807) is 0 Å². The molecule has 0 fully saturated rings. The Morgan fingerprint density at radius 3 is 2.26 bits per heavy atom. The van der Waals surface area contributed by atoms with Gasteiger partial charge in [-0.3, -0.25) is 4.79 Å². The molecule has 0 bridgehead atoms. The molecule has 0 spiro atoms. The molecule has 1 N–H and O–H groups in total. The second-order valence-corrected chi connectivity index (χ2v) is 6.00. The van der Waals surface area contributed by atoms with E-state index in [4.69, 9.17) is 4.74 Å². The van der Waals surface area contributed by atoms with Gasteiger partial charge in [0, 0.05) is 0 Å². The van der Waals surface area contributed by atoms with Crippen LogP contribution in [0, 0.1) is 13.8 Å². The Balaban J connectivity index is 1.88. The standard InChI is InChI=1S/C20H25NO2/c1-5-17-6-8-18(9-7-17)16(4)21-20(22)13-23-19-11-14(2)10-15(3)12-19/h6-12,16H,5,13H2,1-4H3,(H,21,22)/t16-/m0/s1. The van der Waals surface area contributed by atoms with Crippen LogP contribution in [0.15, 0.2) is 42.5 Å². The predicted octanol–water partition coefficient (Wildman–Crippen LogP) is 4.12. The predicted molar refractivity (Wildman–Crippen MR) is 93.8 cm³/mol. The molecule has 1 amide bonds. The molecule has 0 aromatic heterocycles. The summed E-state index contributed by atoms with van der Waals surface area (Å²) in [6.45, 7) is 8.17. The van der Waals surface area contributed by atoms with Crippen LogP contribution in [-0.4, -0.2) is 12.5 Å². The number of amides is 1. The fraction of sp³-hybridized carbons (Fsp3) is 0.350. The van der Waals surface area contributed by atoms with Gasteiger partial charge >= 0.3 is 0 Å². The molecular formula is C20H25NO2. The minimum atomic E-state index is -0.115. The molecular weight excluding hydrogens is 286 g/mol. The van der Waals surface area contributed by atoms with Gasteiger partial charge in [-0.1, -0.05) is 37.3 Å². The van der Waals surface area contributed by atoms with Crippen molar-refractivity contribution in [1.82, 2.24) is 5.32 Å². The second-order valence-electron chi connectivity index (χ2n) is 6.00. The van der Waals surface area contributed by atoms with Crippen LogP contribution in [0.25, 0.3) is 0 Å². The van der Waals surface area contributed by atoms with Crippen LogP contribution in [0.1, 0.15) is 42.1 Å². The highest BCUT2D eigenvalue weighted by atomic mass is 16.5. The van der Waals surface area contributed by atoms with E-state index in [-0.39, 0.29) is 18.6 Å². The third-order valence-electron chi connectivity index (χ3n) is 3.83. The molecule has 2 rings (SSSR count). The summed E-state index contributed by atoms with van der Waals surface area (Å²) in [6, 6.07) is 14.3. The SMILES string of the molecule is CCc1ccc([C@H](C)NC(=O)COc2cc(C)cc(C)c2)cc1. The minimum absolute atomic E-state index is 0.0281. The second kappa shape index (κ2) is 7.82. The lowest BCUT2D eigenvalue weighted by atomic mass is 10.1. The van der Waals surface area contributed by atoms with Crippen molar-refractivity contribution in [2.75, 3.05) is 6.61 Å². The minimum Gasteiger partial charge on any atom is -0.484 e. The maximum atomic E-state index is 12.1. The van der Waals surface area contributed by atoms with Crippen molar-refractivity contribution in [2.24, 2.45) is 0 Å². The van der Waals surface area contributed by atoms with Crippen molar-refractivity contribution in [3.05, 3.63) is 64.7 Å². The average molecular weight is 311 g/mol. The van der Waals surface area contributed by atoms with Crippen molar-refractivity contribution in [2.45, 2.75) is 40.2 Å². The summed E-state index contributed by atoms with van der Waals surface area (Å²) in [5.74, 6) is 0.619. The molecule has 122 valence electrons. The number of aryl methyl sites for hydroxylation is 3. The van der Waals surface area contributed by atoms with E-state index >= 15 is 0 Å². The first-order valence-electron chi connectivity index (χ1n) is 8.07. The molecule has 23 heavy (non-hydrogen) atoms. The summed E-state index contributed by atoms with van der Waals surface area (Å²) < 4.78 is 5.59. The van der Waals surface area contributed by atoms with Crippen LogP contribution in [0.3, 0.4) is 0 Å². The highest BCUT2D eigenvalue weighted by Crippen LogP contribution is 2.17. The number of ether oxygens (including phenoxy) is 1. The molecule has 0 unspecified atom stereocenters. The van der Waals surface area contributed by atoms with Gasteiger partial charge in [-0.2, -0.15) is 0 Å². The summed E-state index contributed by atoms with van der Waals surface area (Å²) >= 11 is 0. The van der Waals surface area contributed by atoms with E-state index in [9.17, 15) is 4.79 Å². The lowest BCUT2D eigenvalue weighted by Crippen LogP contribution is -2.31. The van der Waals surface area contributed by atoms with Crippen molar-refractivity contribution in [1.29, 1.82) is 0 Å². The number of carbonyl (C=O) groups is 1. The van der Waals surface area contributed by atoms with Crippen molar-refractivity contribution < 1.29 is 9.53 Å². The van der Waals surface area contributed by atoms with Crippen LogP contribution in [-0.2, 0) is 11.2 Å². The number of benzene rings is 2. The van der Waals surface area contributed by atoms with Crippen LogP contribution in [0.2, 0.25) is 0 Å². The molecule has 0 aliphatic carbocycles.